The van der Waals surface area contributed by atoms with Crippen molar-refractivity contribution in [1.82, 2.24) is 34.7 Å². The van der Waals surface area contributed by atoms with Crippen LogP contribution in [0.25, 0.3) is 11.5 Å². The number of nitrogens with zero attached hydrogens (tertiary/aromatic N) is 6. The lowest BCUT2D eigenvalue weighted by molar-refractivity contribution is -0.140. The molecule has 0 spiro atoms. The number of nitrogens with one attached hydrogen (secondary N) is 2. The largest absolute Gasteiger partial charge is 0.434 e. The van der Waals surface area contributed by atoms with Crippen molar-refractivity contribution in [3.05, 3.63) is 34.7 Å². The summed E-state index contributed by atoms with van der Waals surface area (Å²) in [5.41, 5.74) is -0.140. The van der Waals surface area contributed by atoms with Gasteiger partial charge < -0.3 is 9.88 Å². The quantitative estimate of drug-likeness (QED) is 0.695. The zero-order valence-electron chi connectivity index (χ0n) is 12.1. The lowest BCUT2D eigenvalue weighted by Crippen LogP contribution is -2.05. The van der Waals surface area contributed by atoms with Crippen LogP contribution in [0.2, 0.25) is 0 Å². The maximum absolute atomic E-state index is 12.7. The van der Waals surface area contributed by atoms with Crippen LogP contribution in [0.1, 0.15) is 11.4 Å². The number of hydrogen-bond acceptors (Lipinski definition) is 6. The first-order chi connectivity index (χ1) is 11.3. The zero-order chi connectivity index (χ0) is 17.3. The molecule has 126 valence electrons. The van der Waals surface area contributed by atoms with Crippen molar-refractivity contribution in [3.63, 3.8) is 0 Å². The van der Waals surface area contributed by atoms with E-state index in [9.17, 15) is 13.2 Å². The zero-order valence-corrected chi connectivity index (χ0v) is 13.7. The predicted octanol–water partition coefficient (Wildman–Crippen LogP) is 2.39. The second-order valence-corrected chi connectivity index (χ2v) is 5.47. The van der Waals surface area contributed by atoms with Crippen LogP contribution in [0.5, 0.6) is 0 Å². The van der Waals surface area contributed by atoms with Crippen molar-refractivity contribution in [3.8, 4) is 11.5 Å². The van der Waals surface area contributed by atoms with E-state index in [4.69, 9.17) is 0 Å². The van der Waals surface area contributed by atoms with Gasteiger partial charge in [0, 0.05) is 13.2 Å². The molecule has 3 rings (SSSR count). The van der Waals surface area contributed by atoms with Crippen molar-refractivity contribution in [2.45, 2.75) is 12.7 Å². The second-order valence-electron chi connectivity index (χ2n) is 4.76. The number of hydrogen-bond donors (Lipinski definition) is 2. The fraction of sp³-hybridized carbons (Fsp3) is 0.250. The first-order valence-corrected chi connectivity index (χ1v) is 7.36. The van der Waals surface area contributed by atoms with E-state index in [0.29, 0.717) is 22.9 Å². The summed E-state index contributed by atoms with van der Waals surface area (Å²) in [6.45, 7) is 0.323. The summed E-state index contributed by atoms with van der Waals surface area (Å²) >= 11 is 3.11. The van der Waals surface area contributed by atoms with E-state index in [0.717, 1.165) is 6.20 Å². The Kier molecular flexibility index (Phi) is 4.22. The molecule has 3 aromatic rings. The van der Waals surface area contributed by atoms with Crippen molar-refractivity contribution in [1.29, 1.82) is 0 Å². The van der Waals surface area contributed by atoms with E-state index >= 15 is 0 Å². The van der Waals surface area contributed by atoms with Gasteiger partial charge in [0.05, 0.1) is 24.6 Å². The van der Waals surface area contributed by atoms with E-state index in [1.807, 2.05) is 0 Å². The molecule has 0 atom stereocenters. The highest BCUT2D eigenvalue weighted by molar-refractivity contribution is 9.10. The topological polar surface area (TPSA) is 97.2 Å². The third-order valence-corrected chi connectivity index (χ3v) is 3.35. The summed E-state index contributed by atoms with van der Waals surface area (Å²) in [6, 6.07) is 0. The molecule has 12 heteroatoms. The van der Waals surface area contributed by atoms with E-state index < -0.39 is 11.9 Å². The number of halogens is 4. The first-order valence-electron chi connectivity index (χ1n) is 6.56. The highest BCUT2D eigenvalue weighted by Gasteiger charge is 2.34. The second kappa shape index (κ2) is 6.19. The Bertz CT molecular complexity index is 839. The number of rotatable bonds is 4. The fourth-order valence-electron chi connectivity index (χ4n) is 1.90. The van der Waals surface area contributed by atoms with Gasteiger partial charge in [0.25, 0.3) is 0 Å². The Balaban J connectivity index is 1.73. The molecule has 0 radical (unpaired) electrons. The molecule has 3 heterocycles. The number of alkyl halides is 3. The van der Waals surface area contributed by atoms with Crippen LogP contribution in [-0.2, 0) is 19.8 Å². The van der Waals surface area contributed by atoms with Crippen molar-refractivity contribution in [2.24, 2.45) is 7.05 Å². The highest BCUT2D eigenvalue weighted by atomic mass is 79.9. The van der Waals surface area contributed by atoms with Gasteiger partial charge in [0.15, 0.2) is 11.5 Å². The van der Waals surface area contributed by atoms with Crippen LogP contribution < -0.4 is 5.32 Å². The van der Waals surface area contributed by atoms with Gasteiger partial charge >= 0.3 is 6.18 Å². The number of imidazole rings is 1. The molecule has 0 amide bonds. The minimum absolute atomic E-state index is 0.0912. The van der Waals surface area contributed by atoms with Gasteiger partial charge in [-0.15, -0.1) is 5.10 Å². The van der Waals surface area contributed by atoms with Crippen LogP contribution in [0.4, 0.5) is 19.1 Å². The number of aromatic nitrogens is 7. The number of anilines is 1. The van der Waals surface area contributed by atoms with Crippen molar-refractivity contribution < 1.29 is 13.2 Å². The third-order valence-electron chi connectivity index (χ3n) is 3.00. The maximum atomic E-state index is 12.7. The summed E-state index contributed by atoms with van der Waals surface area (Å²) in [7, 11) is 1.47. The van der Waals surface area contributed by atoms with Gasteiger partial charge in [-0.25, -0.2) is 15.1 Å². The minimum Gasteiger partial charge on any atom is -0.349 e. The average molecular weight is 403 g/mol. The normalized spacial score (nSPS) is 11.7. The summed E-state index contributed by atoms with van der Waals surface area (Å²) < 4.78 is 39.7. The van der Waals surface area contributed by atoms with Crippen LogP contribution in [0.3, 0.4) is 0 Å². The Morgan fingerprint density at radius 1 is 1.25 bits per heavy atom. The van der Waals surface area contributed by atoms with Crippen LogP contribution in [0, 0.1) is 0 Å². The number of H-pyrrole nitrogens is 1. The van der Waals surface area contributed by atoms with Gasteiger partial charge in [0.2, 0.25) is 10.7 Å². The minimum atomic E-state index is -4.50. The third kappa shape index (κ3) is 3.53. The monoisotopic (exact) mass is 402 g/mol. The Morgan fingerprint density at radius 3 is 2.58 bits per heavy atom. The molecule has 3 aromatic heterocycles. The molecular formula is C12H10BrF3N8. The molecule has 0 aliphatic carbocycles. The van der Waals surface area contributed by atoms with Gasteiger partial charge in [-0.1, -0.05) is 0 Å². The molecule has 0 aliphatic rings. The molecule has 0 saturated carbocycles. The van der Waals surface area contributed by atoms with E-state index in [2.05, 4.69) is 51.4 Å². The van der Waals surface area contributed by atoms with Gasteiger partial charge in [-0.2, -0.15) is 18.2 Å². The van der Waals surface area contributed by atoms with Gasteiger partial charge in [-0.3, -0.25) is 4.98 Å². The Labute approximate surface area is 141 Å². The molecule has 0 aliphatic heterocycles. The van der Waals surface area contributed by atoms with E-state index in [1.165, 1.54) is 24.0 Å². The molecule has 0 bridgehead atoms. The van der Waals surface area contributed by atoms with Crippen LogP contribution in [-0.4, -0.2) is 34.7 Å². The first kappa shape index (κ1) is 16.4. The molecule has 24 heavy (non-hydrogen) atoms. The lowest BCUT2D eigenvalue weighted by atomic mass is 10.4. The summed E-state index contributed by atoms with van der Waals surface area (Å²) in [4.78, 5) is 15.8. The average Bonchev–Trinajstić information content (AvgIpc) is 3.11. The Morgan fingerprint density at radius 2 is 2.04 bits per heavy atom. The Hall–Kier alpha value is -2.50. The molecule has 0 fully saturated rings. The van der Waals surface area contributed by atoms with Crippen LogP contribution >= 0.6 is 15.9 Å². The van der Waals surface area contributed by atoms with Crippen molar-refractivity contribution in [2.75, 3.05) is 5.32 Å². The molecule has 0 unspecified atom stereocenters. The van der Waals surface area contributed by atoms with Crippen molar-refractivity contribution >= 4 is 21.9 Å². The number of aromatic amines is 1. The fourth-order valence-corrected chi connectivity index (χ4v) is 2.16. The molecule has 0 aromatic carbocycles. The maximum Gasteiger partial charge on any atom is 0.434 e. The SMILES string of the molecule is Cn1cc(C(F)(F)F)nc1-c1cnc(CNc2nc(Br)n[nH]2)cn1. The number of aryl methyl sites for hydroxylation is 1. The van der Waals surface area contributed by atoms with E-state index in [1.54, 1.807) is 0 Å². The van der Waals surface area contributed by atoms with Gasteiger partial charge in [-0.05, 0) is 15.9 Å². The van der Waals surface area contributed by atoms with Crippen LogP contribution in [0.15, 0.2) is 23.3 Å². The molecule has 8 nitrogen and oxygen atoms in total. The summed E-state index contributed by atoms with van der Waals surface area (Å²) in [5.74, 6) is 0.542. The molecular weight excluding hydrogens is 393 g/mol. The van der Waals surface area contributed by atoms with E-state index in [-0.39, 0.29) is 11.5 Å². The molecule has 0 saturated heterocycles. The lowest BCUT2D eigenvalue weighted by Gasteiger charge is -2.03. The van der Waals surface area contributed by atoms with Gasteiger partial charge in [0.1, 0.15) is 5.69 Å². The molecule has 2 N–H and O–H groups in total. The summed E-state index contributed by atoms with van der Waals surface area (Å²) in [6.07, 6.45) is -0.765. The predicted molar refractivity (Wildman–Crippen MR) is 80.6 cm³/mol. The standard InChI is InChI=1S/C12H10BrF3N8/c1-24-5-8(12(14,15)16)20-9(24)7-4-17-6(2-18-7)3-19-11-21-10(13)22-23-11/h2,4-5H,3H2,1H3,(H2,19,21,22,23). The smallest absolute Gasteiger partial charge is 0.349 e. The highest BCUT2D eigenvalue weighted by Crippen LogP contribution is 2.29. The summed E-state index contributed by atoms with van der Waals surface area (Å²) in [5, 5.41) is 9.39.